The van der Waals surface area contributed by atoms with Crippen LogP contribution in [0.1, 0.15) is 23.2 Å². The zero-order valence-electron chi connectivity index (χ0n) is 12.4. The molecular formula is C17H12O7. The Bertz CT molecular complexity index is 921. The van der Waals surface area contributed by atoms with Gasteiger partial charge < -0.3 is 19.0 Å². The van der Waals surface area contributed by atoms with Gasteiger partial charge in [-0.2, -0.15) is 0 Å². The number of benzene rings is 1. The number of carbonyl (C=O) groups excluding carboxylic acids is 2. The largest absolute Gasteiger partial charge is 0.481 e. The van der Waals surface area contributed by atoms with Gasteiger partial charge in [0, 0.05) is 6.07 Å². The van der Waals surface area contributed by atoms with Crippen LogP contribution in [0.2, 0.25) is 0 Å². The molecule has 4 atom stereocenters. The summed E-state index contributed by atoms with van der Waals surface area (Å²) in [6.07, 6.45) is 5.16. The van der Waals surface area contributed by atoms with Crippen LogP contribution in [0.5, 0.6) is 11.5 Å². The Labute approximate surface area is 135 Å². The number of hydrogen-bond acceptors (Lipinski definition) is 6. The highest BCUT2D eigenvalue weighted by atomic mass is 16.6. The summed E-state index contributed by atoms with van der Waals surface area (Å²) < 4.78 is 15.9. The van der Waals surface area contributed by atoms with E-state index in [1.165, 1.54) is 6.07 Å². The van der Waals surface area contributed by atoms with E-state index >= 15 is 0 Å². The monoisotopic (exact) mass is 328 g/mol. The molecular weight excluding hydrogens is 316 g/mol. The molecule has 0 amide bonds. The van der Waals surface area contributed by atoms with Gasteiger partial charge in [0.1, 0.15) is 5.56 Å². The normalized spacial score (nSPS) is 30.1. The molecule has 1 fully saturated rings. The number of allylic oxidation sites excluding steroid dienone is 2. The van der Waals surface area contributed by atoms with E-state index in [9.17, 15) is 19.5 Å². The highest BCUT2D eigenvalue weighted by Gasteiger charge is 2.52. The molecule has 1 N–H and O–H groups in total. The standard InChI is InChI=1S/C17H12O7/c18-15(19)10-6-2-1-3-7(4-6)11(10)17(21)23-13-9-5-8-12(22-9)14(13)24-16(8)20/h1,3,5-7,10-11H,2,4H2,(H,18,19). The number of carboxylic acids is 1. The van der Waals surface area contributed by atoms with Gasteiger partial charge in [-0.3, -0.25) is 9.59 Å². The minimum atomic E-state index is -0.980. The van der Waals surface area contributed by atoms with Crippen LogP contribution >= 0.6 is 0 Å². The first-order chi connectivity index (χ1) is 11.5. The number of aliphatic carboxylic acids is 1. The lowest BCUT2D eigenvalue weighted by atomic mass is 9.88. The van der Waals surface area contributed by atoms with Crippen LogP contribution < -0.4 is 9.47 Å². The smallest absolute Gasteiger partial charge is 0.347 e. The van der Waals surface area contributed by atoms with Gasteiger partial charge in [-0.25, -0.2) is 4.79 Å². The van der Waals surface area contributed by atoms with Gasteiger partial charge in [0.05, 0.1) is 11.8 Å². The lowest BCUT2D eigenvalue weighted by molar-refractivity contribution is -0.152. The first kappa shape index (κ1) is 13.6. The summed E-state index contributed by atoms with van der Waals surface area (Å²) in [6.45, 7) is 0. The Hall–Kier alpha value is -2.83. The van der Waals surface area contributed by atoms with Crippen molar-refractivity contribution in [1.82, 2.24) is 0 Å². The molecule has 2 aliphatic carbocycles. The first-order valence-electron chi connectivity index (χ1n) is 7.77. The summed E-state index contributed by atoms with van der Waals surface area (Å²) in [6, 6.07) is 1.47. The number of ether oxygens (including phenoxy) is 2. The molecule has 0 spiro atoms. The lowest BCUT2D eigenvalue weighted by Gasteiger charge is -2.19. The van der Waals surface area contributed by atoms with Crippen molar-refractivity contribution in [3.63, 3.8) is 0 Å². The fourth-order valence-electron chi connectivity index (χ4n) is 4.29. The minimum absolute atomic E-state index is 0.0539. The molecule has 4 bridgehead atoms. The van der Waals surface area contributed by atoms with Gasteiger partial charge >= 0.3 is 17.9 Å². The molecule has 2 aromatic rings. The van der Waals surface area contributed by atoms with Gasteiger partial charge in [-0.1, -0.05) is 12.2 Å². The second kappa shape index (κ2) is 4.37. The molecule has 0 saturated heterocycles. The Balaban J connectivity index is 1.47. The number of rotatable bonds is 3. The summed E-state index contributed by atoms with van der Waals surface area (Å²) in [5.74, 6) is -3.66. The third-order valence-electron chi connectivity index (χ3n) is 5.30. The molecule has 5 rings (SSSR count). The van der Waals surface area contributed by atoms with E-state index < -0.39 is 29.7 Å². The fourth-order valence-corrected chi connectivity index (χ4v) is 4.29. The van der Waals surface area contributed by atoms with E-state index in [1.807, 2.05) is 12.2 Å². The second-order valence-electron chi connectivity index (χ2n) is 6.54. The van der Waals surface area contributed by atoms with Crippen LogP contribution in [0.25, 0.3) is 11.2 Å². The maximum atomic E-state index is 12.7. The van der Waals surface area contributed by atoms with Crippen LogP contribution in [0, 0.1) is 23.7 Å². The number of carboxylic acid groups (broad SMARTS) is 1. The molecule has 122 valence electrons. The number of hydrogen-bond donors (Lipinski definition) is 1. The lowest BCUT2D eigenvalue weighted by Crippen LogP contribution is -2.33. The topological polar surface area (TPSA) is 103 Å². The summed E-state index contributed by atoms with van der Waals surface area (Å²) in [4.78, 5) is 35.9. The highest BCUT2D eigenvalue weighted by Crippen LogP contribution is 2.51. The summed E-state index contributed by atoms with van der Waals surface area (Å²) in [5, 5.41) is 9.52. The van der Waals surface area contributed by atoms with Crippen LogP contribution in [0.4, 0.5) is 0 Å². The van der Waals surface area contributed by atoms with E-state index in [0.29, 0.717) is 18.4 Å². The van der Waals surface area contributed by atoms with Crippen molar-refractivity contribution in [3.8, 4) is 11.5 Å². The molecule has 0 radical (unpaired) electrons. The average molecular weight is 328 g/mol. The Morgan fingerprint density at radius 2 is 2.12 bits per heavy atom. The van der Waals surface area contributed by atoms with Gasteiger partial charge in [0.15, 0.2) is 11.2 Å². The van der Waals surface area contributed by atoms with Crippen LogP contribution in [0.3, 0.4) is 0 Å². The summed E-state index contributed by atoms with van der Waals surface area (Å²) >= 11 is 0. The van der Waals surface area contributed by atoms with Crippen molar-refractivity contribution in [2.75, 3.05) is 0 Å². The zero-order chi connectivity index (χ0) is 16.6. The van der Waals surface area contributed by atoms with Crippen molar-refractivity contribution in [1.29, 1.82) is 0 Å². The third-order valence-corrected chi connectivity index (χ3v) is 5.30. The van der Waals surface area contributed by atoms with Crippen LogP contribution in [-0.4, -0.2) is 23.0 Å². The van der Waals surface area contributed by atoms with Crippen molar-refractivity contribution in [2.45, 2.75) is 12.8 Å². The molecule has 7 heteroatoms. The third kappa shape index (κ3) is 1.59. The van der Waals surface area contributed by atoms with E-state index in [4.69, 9.17) is 13.9 Å². The van der Waals surface area contributed by atoms with Crippen molar-refractivity contribution in [3.05, 3.63) is 23.8 Å². The molecule has 3 aliphatic rings. The van der Waals surface area contributed by atoms with Gasteiger partial charge in [-0.05, 0) is 24.7 Å². The predicted molar refractivity (Wildman–Crippen MR) is 78.0 cm³/mol. The van der Waals surface area contributed by atoms with Crippen LogP contribution in [-0.2, 0) is 9.59 Å². The predicted octanol–water partition coefficient (Wildman–Crippen LogP) is 2.22. The van der Waals surface area contributed by atoms with E-state index in [0.717, 1.165) is 0 Å². The number of furan rings is 2. The number of carbonyl (C=O) groups is 3. The Morgan fingerprint density at radius 3 is 2.92 bits per heavy atom. The highest BCUT2D eigenvalue weighted by molar-refractivity contribution is 6.10. The molecule has 7 nitrogen and oxygen atoms in total. The van der Waals surface area contributed by atoms with E-state index in [-0.39, 0.29) is 34.5 Å². The molecule has 1 aliphatic heterocycles. The summed E-state index contributed by atoms with van der Waals surface area (Å²) in [7, 11) is 0. The van der Waals surface area contributed by atoms with E-state index in [1.54, 1.807) is 0 Å². The average Bonchev–Trinajstić information content (AvgIpc) is 3.22. The number of esters is 2. The van der Waals surface area contributed by atoms with E-state index in [2.05, 4.69) is 0 Å². The van der Waals surface area contributed by atoms with Crippen molar-refractivity contribution >= 4 is 29.1 Å². The maximum absolute atomic E-state index is 12.7. The quantitative estimate of drug-likeness (QED) is 0.523. The van der Waals surface area contributed by atoms with Crippen molar-refractivity contribution < 1.29 is 33.4 Å². The number of fused-ring (bicyclic) bond motifs is 3. The molecule has 2 aromatic heterocycles. The molecule has 0 aromatic carbocycles. The van der Waals surface area contributed by atoms with Crippen LogP contribution in [0.15, 0.2) is 22.6 Å². The molecule has 4 unspecified atom stereocenters. The van der Waals surface area contributed by atoms with Gasteiger partial charge in [0.25, 0.3) is 0 Å². The fraction of sp³-hybridized carbons (Fsp3) is 0.353. The first-order valence-corrected chi connectivity index (χ1v) is 7.77. The van der Waals surface area contributed by atoms with Gasteiger partial charge in [-0.15, -0.1) is 0 Å². The minimum Gasteiger partial charge on any atom is -0.481 e. The summed E-state index contributed by atoms with van der Waals surface area (Å²) in [5.41, 5.74) is 0.859. The van der Waals surface area contributed by atoms with Crippen molar-refractivity contribution in [2.24, 2.45) is 23.7 Å². The van der Waals surface area contributed by atoms with Gasteiger partial charge in [0.2, 0.25) is 11.5 Å². The molecule has 3 heterocycles. The SMILES string of the molecule is O=C1Oc2c(OC(=O)C3C4C=CCC(C4)C3C(=O)O)c3cc1c2o3. The molecule has 1 saturated carbocycles. The molecule has 24 heavy (non-hydrogen) atoms. The second-order valence-corrected chi connectivity index (χ2v) is 6.54. The maximum Gasteiger partial charge on any atom is 0.347 e. The zero-order valence-corrected chi connectivity index (χ0v) is 12.4. The Morgan fingerprint density at radius 1 is 1.29 bits per heavy atom. The Kier molecular flexibility index (Phi) is 2.48.